The predicted octanol–water partition coefficient (Wildman–Crippen LogP) is 1.87. The molecule has 0 bridgehead atoms. The van der Waals surface area contributed by atoms with Crippen LogP contribution in [-0.4, -0.2) is 55.1 Å². The quantitative estimate of drug-likeness (QED) is 0.608. The van der Waals surface area contributed by atoms with Crippen LogP contribution in [0.1, 0.15) is 34.6 Å². The number of sulfonamides is 1. The Morgan fingerprint density at radius 1 is 1.44 bits per heavy atom. The largest absolute Gasteiger partial charge is 0.491 e. The fourth-order valence-corrected chi connectivity index (χ4v) is 5.28. The van der Waals surface area contributed by atoms with E-state index in [1.54, 1.807) is 13.8 Å². The van der Waals surface area contributed by atoms with Gasteiger partial charge in [0.05, 0.1) is 28.1 Å². The highest BCUT2D eigenvalue weighted by atomic mass is 35.5. The Morgan fingerprint density at radius 2 is 2.12 bits per heavy atom. The van der Waals surface area contributed by atoms with Gasteiger partial charge in [0.15, 0.2) is 0 Å². The van der Waals surface area contributed by atoms with Gasteiger partial charge in [0.2, 0.25) is 0 Å². The summed E-state index contributed by atoms with van der Waals surface area (Å²) in [5.74, 6) is -1.01. The maximum Gasteiger partial charge on any atom is 0.256 e. The number of halogens is 2. The zero-order valence-electron chi connectivity index (χ0n) is 17.1. The van der Waals surface area contributed by atoms with Crippen LogP contribution in [0.4, 0.5) is 4.39 Å². The van der Waals surface area contributed by atoms with E-state index in [0.717, 1.165) is 6.07 Å². The van der Waals surface area contributed by atoms with E-state index in [2.05, 4.69) is 15.8 Å². The number of aromatic nitrogens is 1. The molecule has 2 aliphatic rings. The third kappa shape index (κ3) is 3.84. The summed E-state index contributed by atoms with van der Waals surface area (Å²) in [6.45, 7) is 3.61. The van der Waals surface area contributed by atoms with Crippen LogP contribution in [0.15, 0.2) is 23.2 Å². The molecule has 0 aliphatic carbocycles. The van der Waals surface area contributed by atoms with Crippen molar-refractivity contribution in [2.24, 2.45) is 5.41 Å². The number of benzene rings is 1. The highest BCUT2D eigenvalue weighted by Gasteiger charge is 2.42. The maximum absolute atomic E-state index is 13.6. The van der Waals surface area contributed by atoms with Crippen molar-refractivity contribution in [3.05, 3.63) is 45.9 Å². The first-order valence-electron chi connectivity index (χ1n) is 9.66. The van der Waals surface area contributed by atoms with Crippen molar-refractivity contribution in [3.63, 3.8) is 0 Å². The van der Waals surface area contributed by atoms with Gasteiger partial charge in [-0.05, 0) is 26.0 Å². The van der Waals surface area contributed by atoms with Crippen molar-refractivity contribution >= 4 is 27.5 Å². The molecule has 0 saturated carbocycles. The molecule has 1 fully saturated rings. The first-order chi connectivity index (χ1) is 14.9. The molecule has 170 valence electrons. The second-order valence-corrected chi connectivity index (χ2v) is 10.4. The van der Waals surface area contributed by atoms with E-state index in [-0.39, 0.29) is 52.5 Å². The number of rotatable bonds is 4. The molecule has 32 heavy (non-hydrogen) atoms. The molecule has 0 unspecified atom stereocenters. The number of likely N-dealkylation sites (tertiary alicyclic amines) is 1. The first-order valence-corrected chi connectivity index (χ1v) is 11.5. The molecule has 1 aromatic carbocycles. The molecule has 1 aromatic heterocycles. The number of hydrogen-bond donors (Lipinski definition) is 3. The van der Waals surface area contributed by atoms with Gasteiger partial charge in [0, 0.05) is 30.4 Å². The van der Waals surface area contributed by atoms with E-state index in [9.17, 15) is 22.7 Å². The number of aliphatic hydroxyl groups is 1. The van der Waals surface area contributed by atoms with E-state index in [4.69, 9.17) is 21.6 Å². The molecule has 3 heterocycles. The molecular formula is C20H20ClFN4O5S. The van der Waals surface area contributed by atoms with Crippen LogP contribution in [-0.2, 0) is 10.0 Å². The summed E-state index contributed by atoms with van der Waals surface area (Å²) in [5.41, 5.74) is 0.0924. The SMILES string of the molecule is Cc1[nH]c(S(=O)(=O)N[C@@H]2COc3cc(F)c(Cl)cc3[C@@H]2O)cc1C(=O)N1CC(C)(C#N)C1. The molecule has 0 spiro atoms. The Hall–Kier alpha value is -2.65. The van der Waals surface area contributed by atoms with Gasteiger partial charge in [-0.25, -0.2) is 17.5 Å². The Kier molecular flexibility index (Phi) is 5.45. The number of nitrogens with one attached hydrogen (secondary N) is 2. The van der Waals surface area contributed by atoms with Gasteiger partial charge in [0.25, 0.3) is 15.9 Å². The number of carbonyl (C=O) groups excluding carboxylic acids is 1. The molecular weight excluding hydrogens is 463 g/mol. The van der Waals surface area contributed by atoms with Gasteiger partial charge < -0.3 is 19.7 Å². The van der Waals surface area contributed by atoms with Gasteiger partial charge in [-0.15, -0.1) is 0 Å². The van der Waals surface area contributed by atoms with E-state index in [0.29, 0.717) is 5.69 Å². The number of carbonyl (C=O) groups is 1. The Balaban J connectivity index is 1.52. The normalized spacial score (nSPS) is 21.8. The van der Waals surface area contributed by atoms with Crippen molar-refractivity contribution in [2.45, 2.75) is 31.0 Å². The van der Waals surface area contributed by atoms with Crippen molar-refractivity contribution < 1.29 is 27.4 Å². The average Bonchev–Trinajstić information content (AvgIpc) is 3.11. The number of ether oxygens (including phenoxy) is 1. The molecule has 4 rings (SSSR count). The summed E-state index contributed by atoms with van der Waals surface area (Å²) in [4.78, 5) is 16.9. The van der Waals surface area contributed by atoms with Gasteiger partial charge in [-0.3, -0.25) is 4.79 Å². The maximum atomic E-state index is 13.6. The van der Waals surface area contributed by atoms with Crippen LogP contribution < -0.4 is 9.46 Å². The Bertz CT molecular complexity index is 1250. The summed E-state index contributed by atoms with van der Waals surface area (Å²) in [6.07, 6.45) is -1.33. The zero-order valence-corrected chi connectivity index (χ0v) is 18.7. The number of amides is 1. The van der Waals surface area contributed by atoms with Gasteiger partial charge in [0.1, 0.15) is 29.3 Å². The second-order valence-electron chi connectivity index (χ2n) is 8.29. The molecule has 2 aromatic rings. The molecule has 3 N–H and O–H groups in total. The number of nitriles is 1. The first kappa shape index (κ1) is 22.5. The lowest BCUT2D eigenvalue weighted by atomic mass is 9.83. The predicted molar refractivity (Wildman–Crippen MR) is 111 cm³/mol. The summed E-state index contributed by atoms with van der Waals surface area (Å²) in [5, 5.41) is 19.2. The number of H-pyrrole nitrogens is 1. The van der Waals surface area contributed by atoms with Crippen LogP contribution in [0.25, 0.3) is 0 Å². The van der Waals surface area contributed by atoms with Crippen LogP contribution in [0, 0.1) is 29.5 Å². The zero-order chi connectivity index (χ0) is 23.4. The molecule has 0 radical (unpaired) electrons. The number of aliphatic hydroxyl groups excluding tert-OH is 1. The minimum atomic E-state index is -4.17. The van der Waals surface area contributed by atoms with Gasteiger partial charge in [-0.1, -0.05) is 11.6 Å². The van der Waals surface area contributed by atoms with E-state index in [1.165, 1.54) is 17.0 Å². The lowest BCUT2D eigenvalue weighted by molar-refractivity contribution is 0.0368. The fraction of sp³-hybridized carbons (Fsp3) is 0.400. The summed E-state index contributed by atoms with van der Waals surface area (Å²) >= 11 is 5.77. The van der Waals surface area contributed by atoms with Crippen molar-refractivity contribution in [1.29, 1.82) is 5.26 Å². The summed E-state index contributed by atoms with van der Waals surface area (Å²) in [6, 6.07) is 4.53. The number of aryl methyl sites for hydroxylation is 1. The van der Waals surface area contributed by atoms with Crippen molar-refractivity contribution in [2.75, 3.05) is 19.7 Å². The average molecular weight is 483 g/mol. The van der Waals surface area contributed by atoms with Crippen LogP contribution in [0.2, 0.25) is 5.02 Å². The third-order valence-electron chi connectivity index (χ3n) is 5.62. The van der Waals surface area contributed by atoms with Crippen LogP contribution >= 0.6 is 11.6 Å². The van der Waals surface area contributed by atoms with E-state index in [1.807, 2.05) is 0 Å². The topological polar surface area (TPSA) is 136 Å². The molecule has 2 aliphatic heterocycles. The third-order valence-corrected chi connectivity index (χ3v) is 7.33. The second kappa shape index (κ2) is 7.74. The molecule has 9 nitrogen and oxygen atoms in total. The summed E-state index contributed by atoms with van der Waals surface area (Å²) < 4.78 is 47.2. The highest BCUT2D eigenvalue weighted by Crippen LogP contribution is 2.36. The molecule has 1 saturated heterocycles. The number of hydrogen-bond acceptors (Lipinski definition) is 6. The van der Waals surface area contributed by atoms with Gasteiger partial charge in [-0.2, -0.15) is 5.26 Å². The van der Waals surface area contributed by atoms with Crippen LogP contribution in [0.5, 0.6) is 5.75 Å². The van der Waals surface area contributed by atoms with E-state index >= 15 is 0 Å². The number of fused-ring (bicyclic) bond motifs is 1. The number of nitrogens with zero attached hydrogens (tertiary/aromatic N) is 2. The minimum Gasteiger partial charge on any atom is -0.491 e. The number of aromatic amines is 1. The monoisotopic (exact) mass is 482 g/mol. The van der Waals surface area contributed by atoms with Crippen molar-refractivity contribution in [1.82, 2.24) is 14.6 Å². The molecule has 1 amide bonds. The van der Waals surface area contributed by atoms with Crippen molar-refractivity contribution in [3.8, 4) is 11.8 Å². The lowest BCUT2D eigenvalue weighted by Gasteiger charge is -2.43. The smallest absolute Gasteiger partial charge is 0.256 e. The van der Waals surface area contributed by atoms with E-state index < -0.39 is 33.4 Å². The Labute approximate surface area is 188 Å². The van der Waals surface area contributed by atoms with Crippen LogP contribution in [0.3, 0.4) is 0 Å². The molecule has 2 atom stereocenters. The Morgan fingerprint density at radius 3 is 2.78 bits per heavy atom. The highest BCUT2D eigenvalue weighted by molar-refractivity contribution is 7.89. The molecule has 12 heteroatoms. The fourth-order valence-electron chi connectivity index (χ4n) is 3.82. The summed E-state index contributed by atoms with van der Waals surface area (Å²) in [7, 11) is -4.17. The lowest BCUT2D eigenvalue weighted by Crippen LogP contribution is -2.56. The van der Waals surface area contributed by atoms with Gasteiger partial charge >= 0.3 is 0 Å². The minimum absolute atomic E-state index is 0.0809. The standard InChI is InChI=1S/C20H20ClFN4O5S/c1-10-11(19(28)26-8-20(2,7-23)9-26)4-17(24-10)32(29,30)25-15-6-31-16-5-14(22)13(21)3-12(16)18(15)27/h3-5,15,18,24-25,27H,6,8-9H2,1-2H3/t15-,18+/m1/s1.